The largest absolute Gasteiger partial charge is 0.726 e. The van der Waals surface area contributed by atoms with Crippen LogP contribution in [0.3, 0.4) is 0 Å². The number of hydrogen-bond donors (Lipinski definition) is 7. The number of nitrogens with one attached hydrogen (secondary N) is 3. The number of carbonyl (C=O) groups is 3. The molecular weight excluding hydrogens is 624 g/mol. The number of likely N-dealkylation sites (tertiary alicyclic amines) is 1. The summed E-state index contributed by atoms with van der Waals surface area (Å²) in [5.74, 6) is -2.74. The van der Waals surface area contributed by atoms with Gasteiger partial charge >= 0.3 is 0 Å². The molecule has 9 atom stereocenters. The van der Waals surface area contributed by atoms with Crippen molar-refractivity contribution in [1.82, 2.24) is 15.5 Å². The molecule has 0 aromatic heterocycles. The highest BCUT2D eigenvalue weighted by Gasteiger charge is 2.53. The van der Waals surface area contributed by atoms with Crippen LogP contribution >= 0.6 is 11.6 Å². The third-order valence-corrected chi connectivity index (χ3v) is 9.76. The van der Waals surface area contributed by atoms with Crippen molar-refractivity contribution >= 4 is 39.7 Å². The molecule has 0 bridgehead atoms. The second-order valence-corrected chi connectivity index (χ2v) is 13.5. The van der Waals surface area contributed by atoms with Gasteiger partial charge in [0.15, 0.2) is 12.4 Å². The van der Waals surface area contributed by atoms with Crippen molar-refractivity contribution in [1.29, 1.82) is 0 Å². The Morgan fingerprint density at radius 3 is 2.43 bits per heavy atom. The van der Waals surface area contributed by atoms with Crippen LogP contribution in [0.1, 0.15) is 39.5 Å². The highest BCUT2D eigenvalue weighted by Crippen LogP contribution is 2.41. The summed E-state index contributed by atoms with van der Waals surface area (Å²) in [7, 11) is -4.04. The number of carbonyl (C=O) groups excluding carboxylic acids is 3. The molecule has 9 N–H and O–H groups in total. The van der Waals surface area contributed by atoms with E-state index in [1.165, 1.54) is 4.90 Å². The number of methoxy groups -OCH3 is 1. The number of nitrogens with zero attached hydrogens (tertiary/aromatic N) is 1. The van der Waals surface area contributed by atoms with E-state index in [-0.39, 0.29) is 31.1 Å². The van der Waals surface area contributed by atoms with Gasteiger partial charge in [0.25, 0.3) is 5.91 Å². The molecule has 252 valence electrons. The van der Waals surface area contributed by atoms with Gasteiger partial charge in [0.1, 0.15) is 25.2 Å². The third kappa shape index (κ3) is 9.31. The first-order valence-corrected chi connectivity index (χ1v) is 16.4. The van der Waals surface area contributed by atoms with E-state index in [1.807, 2.05) is 6.08 Å². The molecule has 16 nitrogen and oxygen atoms in total. The summed E-state index contributed by atoms with van der Waals surface area (Å²) in [5.41, 5.74) is 12.6. The first kappa shape index (κ1) is 36.5. The van der Waals surface area contributed by atoms with Gasteiger partial charge in [-0.3, -0.25) is 30.0 Å². The molecule has 3 rings (SSSR count). The lowest BCUT2D eigenvalue weighted by Gasteiger charge is -2.40. The molecule has 1 saturated heterocycles. The van der Waals surface area contributed by atoms with Crippen molar-refractivity contribution in [3.05, 3.63) is 11.6 Å². The highest BCUT2D eigenvalue weighted by molar-refractivity contribution is 7.80. The van der Waals surface area contributed by atoms with E-state index in [2.05, 4.69) is 14.8 Å². The first-order valence-electron chi connectivity index (χ1n) is 14.6. The van der Waals surface area contributed by atoms with Crippen LogP contribution in [0, 0.1) is 11.8 Å². The van der Waals surface area contributed by atoms with Crippen LogP contribution < -0.4 is 27.0 Å². The minimum atomic E-state index is -5.13. The molecule has 1 saturated carbocycles. The van der Waals surface area contributed by atoms with Gasteiger partial charge < -0.3 is 39.9 Å². The van der Waals surface area contributed by atoms with Crippen LogP contribution in [0.2, 0.25) is 0 Å². The molecule has 0 aromatic rings. The van der Waals surface area contributed by atoms with Gasteiger partial charge in [-0.05, 0) is 49.2 Å². The summed E-state index contributed by atoms with van der Waals surface area (Å²) in [6.45, 7) is 4.15. The maximum Gasteiger partial charge on any atom is 0.252 e. The molecule has 3 amide bonds. The number of aliphatic hydroxyl groups excluding tert-OH is 2. The van der Waals surface area contributed by atoms with Crippen LogP contribution in [0.25, 0.3) is 0 Å². The van der Waals surface area contributed by atoms with Crippen LogP contribution in [-0.4, -0.2) is 127 Å². The fourth-order valence-electron chi connectivity index (χ4n) is 6.08. The van der Waals surface area contributed by atoms with Crippen LogP contribution in [0.4, 0.5) is 0 Å². The minimum Gasteiger partial charge on any atom is -0.726 e. The van der Waals surface area contributed by atoms with Gasteiger partial charge in [-0.15, -0.1) is 11.6 Å². The average molecular weight is 669 g/mol. The Labute approximate surface area is 262 Å². The first-order chi connectivity index (χ1) is 20.5. The lowest BCUT2D eigenvalue weighted by Crippen LogP contribution is -3.18. The zero-order chi connectivity index (χ0) is 32.9. The van der Waals surface area contributed by atoms with Gasteiger partial charge in [-0.2, -0.15) is 0 Å². The van der Waals surface area contributed by atoms with Crippen molar-refractivity contribution in [3.8, 4) is 0 Å². The van der Waals surface area contributed by atoms with Crippen molar-refractivity contribution in [2.75, 3.05) is 33.4 Å². The topological polar surface area (TPSA) is 251 Å². The van der Waals surface area contributed by atoms with Gasteiger partial charge in [0.2, 0.25) is 22.2 Å². The molecule has 2 aliphatic heterocycles. The number of rotatable bonds is 14. The van der Waals surface area contributed by atoms with E-state index in [9.17, 15) is 37.6 Å². The van der Waals surface area contributed by atoms with E-state index in [4.69, 9.17) is 27.8 Å². The molecule has 3 aliphatic rings. The smallest absolute Gasteiger partial charge is 0.252 e. The molecule has 2 fully saturated rings. The number of alkyl halides is 1. The number of fused-ring (bicyclic) bond motifs is 1. The number of quaternary nitrogens is 1. The minimum absolute atomic E-state index is 0.0113. The van der Waals surface area contributed by atoms with E-state index in [1.54, 1.807) is 13.8 Å². The predicted molar refractivity (Wildman–Crippen MR) is 155 cm³/mol. The molecule has 18 heteroatoms. The lowest BCUT2D eigenvalue weighted by atomic mass is 9.81. The monoisotopic (exact) mass is 668 g/mol. The van der Waals surface area contributed by atoms with Gasteiger partial charge in [-0.25, -0.2) is 8.42 Å². The highest BCUT2D eigenvalue weighted by atomic mass is 35.5. The fourth-order valence-corrected chi connectivity index (χ4v) is 6.54. The predicted octanol–water partition coefficient (Wildman–Crippen LogP) is -4.14. The second-order valence-electron chi connectivity index (χ2n) is 12.0. The number of ether oxygens (including phenoxy) is 1. The van der Waals surface area contributed by atoms with E-state index in [0.717, 1.165) is 17.6 Å². The molecule has 9 unspecified atom stereocenters. The third-order valence-electron chi connectivity index (χ3n) is 8.58. The lowest BCUT2D eigenvalue weighted by molar-refractivity contribution is -0.909. The summed E-state index contributed by atoms with van der Waals surface area (Å²) in [4.78, 5) is 43.2. The number of hydrogen-bond acceptors (Lipinski definition) is 12. The number of amides is 3. The number of aliphatic hydroxyl groups is 2. The van der Waals surface area contributed by atoms with E-state index < -0.39 is 82.8 Å². The number of nitrogens with two attached hydrogens (primary N) is 2. The SMILES string of the molecule is COC(COS(=O)(=O)[O-])C(=O)NC(C(=O)N1C(C(=O)NCCC2=CC[NH+](C(N)N)C2)CC2CC(O)C(O)CC21)C(Cl)C(C)C. The normalized spacial score (nSPS) is 29.2. The molecule has 0 spiro atoms. The van der Waals surface area contributed by atoms with Gasteiger partial charge in [-0.1, -0.05) is 13.8 Å². The molecule has 2 heterocycles. The second kappa shape index (κ2) is 15.6. The fraction of sp³-hybridized carbons (Fsp3) is 0.808. The summed E-state index contributed by atoms with van der Waals surface area (Å²) in [5, 5.41) is 25.2. The van der Waals surface area contributed by atoms with E-state index >= 15 is 0 Å². The zero-order valence-corrected chi connectivity index (χ0v) is 26.6. The maximum atomic E-state index is 14.2. The quantitative estimate of drug-likeness (QED) is 0.0306. The molecule has 44 heavy (non-hydrogen) atoms. The summed E-state index contributed by atoms with van der Waals surface area (Å²) in [6, 6.07) is -3.00. The molecule has 0 radical (unpaired) electrons. The molecular formula is C26H45ClN6O10S. The van der Waals surface area contributed by atoms with Crippen LogP contribution in [-0.2, 0) is 33.7 Å². The van der Waals surface area contributed by atoms with Crippen molar-refractivity contribution in [2.45, 2.75) is 87.6 Å². The Hall–Kier alpha value is -1.93. The Balaban J connectivity index is 1.81. The average Bonchev–Trinajstić information content (AvgIpc) is 3.56. The van der Waals surface area contributed by atoms with Gasteiger partial charge in [0, 0.05) is 19.7 Å². The van der Waals surface area contributed by atoms with Crippen molar-refractivity contribution in [2.24, 2.45) is 23.3 Å². The standard InChI is InChI=1S/C26H45ClN6O10S/c1-13(2)21(27)22(31-24(37)20(42-3)12-43-44(39,40)41)25(38)33-16-10-19(35)18(34)9-15(16)8-17(33)23(36)30-6-4-14-5-7-32(11-14)26(28)29/h5,13,15-22,26,34-35H,4,6-12,28-29H2,1-3H3,(H,30,36)(H,31,37)(H,39,40,41). The molecule has 0 aromatic carbocycles. The Morgan fingerprint density at radius 1 is 1.20 bits per heavy atom. The summed E-state index contributed by atoms with van der Waals surface area (Å²) >= 11 is 6.65. The number of halogens is 1. The van der Waals surface area contributed by atoms with Crippen LogP contribution in [0.5, 0.6) is 0 Å². The molecule has 1 aliphatic carbocycles. The van der Waals surface area contributed by atoms with E-state index in [0.29, 0.717) is 26.1 Å². The Morgan fingerprint density at radius 2 is 1.86 bits per heavy atom. The summed E-state index contributed by atoms with van der Waals surface area (Å²) in [6.07, 6.45) is -1.24. The summed E-state index contributed by atoms with van der Waals surface area (Å²) < 4.78 is 41.9. The Kier molecular flexibility index (Phi) is 12.9. The zero-order valence-electron chi connectivity index (χ0n) is 25.1. The maximum absolute atomic E-state index is 14.2. The van der Waals surface area contributed by atoms with Crippen LogP contribution in [0.15, 0.2) is 11.6 Å². The van der Waals surface area contributed by atoms with Crippen molar-refractivity contribution in [3.63, 3.8) is 0 Å². The van der Waals surface area contributed by atoms with Gasteiger partial charge in [0.05, 0.1) is 24.1 Å². The Bertz CT molecular complexity index is 1170. The van der Waals surface area contributed by atoms with Crippen molar-refractivity contribution < 1.29 is 51.4 Å².